The highest BCUT2D eigenvalue weighted by Crippen LogP contribution is 2.54. The summed E-state index contributed by atoms with van der Waals surface area (Å²) < 4.78 is 0. The lowest BCUT2D eigenvalue weighted by molar-refractivity contribution is 0.152. The van der Waals surface area contributed by atoms with E-state index in [0.29, 0.717) is 11.8 Å². The number of aliphatic imine (C=N–C) groups is 1. The highest BCUT2D eigenvalue weighted by Gasteiger charge is 2.45. The highest BCUT2D eigenvalue weighted by atomic mass is 15.1. The van der Waals surface area contributed by atoms with Gasteiger partial charge in [-0.1, -0.05) is 128 Å². The molecule has 0 saturated heterocycles. The van der Waals surface area contributed by atoms with Gasteiger partial charge in [-0.05, 0) is 194 Å². The molecule has 4 unspecified atom stereocenters. The zero-order chi connectivity index (χ0) is 50.5. The second-order valence-corrected chi connectivity index (χ2v) is 21.4. The second kappa shape index (κ2) is 22.1. The molecule has 6 aromatic carbocycles. The van der Waals surface area contributed by atoms with Crippen LogP contribution < -0.4 is 20.0 Å². The van der Waals surface area contributed by atoms with Crippen LogP contribution in [0, 0.1) is 23.2 Å². The van der Waals surface area contributed by atoms with Crippen molar-refractivity contribution in [2.75, 3.05) is 72.9 Å². The normalized spacial score (nSPS) is 21.1. The fourth-order valence-electron chi connectivity index (χ4n) is 12.9. The maximum Gasteiger partial charge on any atom is 0.0653 e. The largest absolute Gasteiger partial charge is 0.384 e. The number of allylic oxidation sites excluding steroid dienone is 8. The lowest BCUT2D eigenvalue weighted by Gasteiger charge is -2.37. The molecule has 2 saturated carbocycles. The van der Waals surface area contributed by atoms with E-state index in [1.54, 1.807) is 0 Å². The van der Waals surface area contributed by atoms with E-state index in [0.717, 1.165) is 63.9 Å². The first-order valence-corrected chi connectivity index (χ1v) is 27.6. The van der Waals surface area contributed by atoms with Crippen LogP contribution >= 0.6 is 0 Å². The van der Waals surface area contributed by atoms with Crippen molar-refractivity contribution < 1.29 is 0 Å². The van der Waals surface area contributed by atoms with Gasteiger partial charge in [0.1, 0.15) is 0 Å². The van der Waals surface area contributed by atoms with Gasteiger partial charge in [-0.15, -0.1) is 0 Å². The van der Waals surface area contributed by atoms with Crippen molar-refractivity contribution >= 4 is 56.0 Å². The molecule has 4 aliphatic carbocycles. The van der Waals surface area contributed by atoms with E-state index in [1.165, 1.54) is 115 Å². The molecular weight excluding hydrogens is 887 g/mol. The summed E-state index contributed by atoms with van der Waals surface area (Å²) in [5.41, 5.74) is 18.8. The van der Waals surface area contributed by atoms with E-state index in [-0.39, 0.29) is 5.41 Å². The number of benzene rings is 6. The van der Waals surface area contributed by atoms with Crippen LogP contribution in [0.15, 0.2) is 180 Å². The average molecular weight is 964 g/mol. The van der Waals surface area contributed by atoms with Crippen molar-refractivity contribution in [3.8, 4) is 0 Å². The van der Waals surface area contributed by atoms with E-state index in [2.05, 4.69) is 239 Å². The Balaban J connectivity index is 0.883. The molecule has 0 aliphatic heterocycles. The van der Waals surface area contributed by atoms with Crippen LogP contribution in [-0.2, 0) is 0 Å². The quantitative estimate of drug-likeness (QED) is 0.0988. The van der Waals surface area contributed by atoms with Crippen molar-refractivity contribution in [1.29, 1.82) is 0 Å². The average Bonchev–Trinajstić information content (AvgIpc) is 3.74. The topological polar surface area (TPSA) is 34.1 Å². The van der Waals surface area contributed by atoms with Crippen LogP contribution in [0.25, 0.3) is 27.5 Å². The first-order valence-electron chi connectivity index (χ1n) is 27.6. The van der Waals surface area contributed by atoms with Crippen molar-refractivity contribution in [3.05, 3.63) is 209 Å². The number of hydrogen-bond acceptors (Lipinski definition) is 5. The van der Waals surface area contributed by atoms with Gasteiger partial charge in [-0.25, -0.2) is 0 Å². The Bertz CT molecular complexity index is 3070. The summed E-state index contributed by atoms with van der Waals surface area (Å²) in [6.45, 7) is 20.5. The molecule has 4 aliphatic rings. The van der Waals surface area contributed by atoms with Gasteiger partial charge < -0.3 is 20.0 Å². The number of nitrogens with one attached hydrogen (secondary N) is 1. The zero-order valence-electron chi connectivity index (χ0n) is 44.7. The monoisotopic (exact) mass is 964 g/mol. The molecule has 5 nitrogen and oxygen atoms in total. The SMILES string of the molecule is CCN(C)c1ccc(/C(=C2/C=CC(=NCC3(C)CC4CC(CNc5ccc(C(=C6C=CCC=C6)c6ccc(N(CC)CC)cc6)c6ccccc56)C(C4)C3)c3ccccc32)c2ccc(N(CC)CC)cc2)cc1. The predicted octanol–water partition coefficient (Wildman–Crippen LogP) is 16.2. The smallest absolute Gasteiger partial charge is 0.0653 e. The van der Waals surface area contributed by atoms with Crippen LogP contribution in [0.3, 0.4) is 0 Å². The Morgan fingerprint density at radius 3 is 1.77 bits per heavy atom. The Kier molecular flexibility index (Phi) is 15.0. The molecule has 0 radical (unpaired) electrons. The van der Waals surface area contributed by atoms with Gasteiger partial charge in [0, 0.05) is 86.6 Å². The summed E-state index contributed by atoms with van der Waals surface area (Å²) >= 11 is 0. The molecule has 6 aromatic rings. The van der Waals surface area contributed by atoms with Crippen LogP contribution in [0.2, 0.25) is 0 Å². The zero-order valence-corrected chi connectivity index (χ0v) is 44.7. The van der Waals surface area contributed by atoms with Gasteiger partial charge in [-0.3, -0.25) is 4.99 Å². The Hall–Kier alpha value is -6.85. The minimum atomic E-state index is 0.170. The van der Waals surface area contributed by atoms with Crippen LogP contribution in [-0.4, -0.2) is 58.6 Å². The fraction of sp³-hybridized carbons (Fsp3) is 0.338. The molecular formula is C68H77N5. The molecule has 0 aromatic heterocycles. The maximum atomic E-state index is 5.56. The minimum Gasteiger partial charge on any atom is -0.384 e. The van der Waals surface area contributed by atoms with Crippen molar-refractivity contribution in [2.24, 2.45) is 28.2 Å². The number of hydrogen-bond donors (Lipinski definition) is 1. The van der Waals surface area contributed by atoms with Crippen molar-refractivity contribution in [3.63, 3.8) is 0 Å². The van der Waals surface area contributed by atoms with Gasteiger partial charge in [0.15, 0.2) is 0 Å². The highest BCUT2D eigenvalue weighted by molar-refractivity contribution is 6.19. The molecule has 2 bridgehead atoms. The standard InChI is InChI=1S/C68H77N5/c1-8-71(7)55-32-26-50(27-33-55)67(52-30-36-57(37-31-52)73(11-4)12-5)63-39-41-65(61-25-19-17-23-59(61)63)70-47-68(6)44-48-42-53(45-68)54(43-48)46-69-64-40-38-62(58-22-16-18-24-60(58)64)66(49-20-14-13-15-21-49)51-28-34-56(35-29-51)72(9-2)10-3/h14-41,48,53-54,69H,8-13,42-47H2,1-7H3/b67-63+,70-65?. The third kappa shape index (κ3) is 10.4. The van der Waals surface area contributed by atoms with Crippen molar-refractivity contribution in [1.82, 2.24) is 0 Å². The van der Waals surface area contributed by atoms with E-state index >= 15 is 0 Å². The van der Waals surface area contributed by atoms with Gasteiger partial charge in [0.05, 0.1) is 5.71 Å². The van der Waals surface area contributed by atoms with E-state index in [1.807, 2.05) is 0 Å². The summed E-state index contributed by atoms with van der Waals surface area (Å²) in [6, 6.07) is 50.3. The second-order valence-electron chi connectivity index (χ2n) is 21.4. The molecule has 0 amide bonds. The first kappa shape index (κ1) is 49.7. The van der Waals surface area contributed by atoms with Gasteiger partial charge in [0.25, 0.3) is 0 Å². The molecule has 374 valence electrons. The van der Waals surface area contributed by atoms with Crippen LogP contribution in [0.5, 0.6) is 0 Å². The van der Waals surface area contributed by atoms with Crippen LogP contribution in [0.1, 0.15) is 107 Å². The first-order chi connectivity index (χ1) is 35.7. The number of fused-ring (bicyclic) bond motifs is 4. The molecule has 4 atom stereocenters. The van der Waals surface area contributed by atoms with E-state index < -0.39 is 0 Å². The summed E-state index contributed by atoms with van der Waals surface area (Å²) in [5.74, 6) is 2.10. The fourth-order valence-corrected chi connectivity index (χ4v) is 12.9. The molecule has 1 N–H and O–H groups in total. The summed E-state index contributed by atoms with van der Waals surface area (Å²) in [5, 5.41) is 6.63. The Morgan fingerprint density at radius 2 is 1.15 bits per heavy atom. The summed E-state index contributed by atoms with van der Waals surface area (Å²) in [6.07, 6.45) is 19.9. The van der Waals surface area contributed by atoms with Crippen molar-refractivity contribution in [2.45, 2.75) is 73.6 Å². The lowest BCUT2D eigenvalue weighted by Crippen LogP contribution is -2.31. The number of nitrogens with zero attached hydrogens (tertiary/aromatic N) is 4. The molecule has 10 rings (SSSR count). The number of rotatable bonds is 17. The molecule has 5 heteroatoms. The summed E-state index contributed by atoms with van der Waals surface area (Å²) in [7, 11) is 2.16. The minimum absolute atomic E-state index is 0.170. The van der Waals surface area contributed by atoms with E-state index in [9.17, 15) is 0 Å². The third-order valence-electron chi connectivity index (χ3n) is 16.8. The maximum absolute atomic E-state index is 5.56. The molecule has 0 spiro atoms. The summed E-state index contributed by atoms with van der Waals surface area (Å²) in [4.78, 5) is 12.7. The Labute approximate surface area is 437 Å². The molecule has 2 fully saturated rings. The van der Waals surface area contributed by atoms with Crippen LogP contribution in [0.4, 0.5) is 22.7 Å². The third-order valence-corrected chi connectivity index (χ3v) is 16.8. The Morgan fingerprint density at radius 1 is 0.575 bits per heavy atom. The number of anilines is 4. The van der Waals surface area contributed by atoms with E-state index in [4.69, 9.17) is 4.99 Å². The lowest BCUT2D eigenvalue weighted by atomic mass is 9.69. The van der Waals surface area contributed by atoms with Gasteiger partial charge >= 0.3 is 0 Å². The molecule has 73 heavy (non-hydrogen) atoms. The predicted molar refractivity (Wildman–Crippen MR) is 317 cm³/mol. The van der Waals surface area contributed by atoms with Gasteiger partial charge in [0.2, 0.25) is 0 Å². The molecule has 0 heterocycles. The van der Waals surface area contributed by atoms with Gasteiger partial charge in [-0.2, -0.15) is 0 Å².